The lowest BCUT2D eigenvalue weighted by atomic mass is 10.2. The van der Waals surface area contributed by atoms with Gasteiger partial charge >= 0.3 is 5.97 Å². The van der Waals surface area contributed by atoms with Crippen molar-refractivity contribution in [3.05, 3.63) is 27.7 Å². The fraction of sp³-hybridized carbons (Fsp3) is 0.385. The van der Waals surface area contributed by atoms with Gasteiger partial charge < -0.3 is 14.4 Å². The van der Waals surface area contributed by atoms with Gasteiger partial charge in [0.05, 0.1) is 6.61 Å². The van der Waals surface area contributed by atoms with E-state index in [9.17, 15) is 14.7 Å². The summed E-state index contributed by atoms with van der Waals surface area (Å²) >= 11 is 0. The molecule has 0 radical (unpaired) electrons. The Hall–Kier alpha value is -2.22. The van der Waals surface area contributed by atoms with Crippen LogP contribution >= 0.6 is 0 Å². The summed E-state index contributed by atoms with van der Waals surface area (Å²) in [4.78, 5) is 23.7. The standard InChI is InChI=1S/C13H15NO4/c1-4-6-7-14-9(3)8-10(15)11(12(14)16)13(17)18-5-2/h1,8,15H,5-7H2,2-3H3. The zero-order chi connectivity index (χ0) is 13.7. The second-order valence-electron chi connectivity index (χ2n) is 3.68. The molecular formula is C13H15NO4. The number of aromatic hydroxyl groups is 1. The molecule has 0 atom stereocenters. The number of ether oxygens (including phenoxy) is 1. The fourth-order valence-corrected chi connectivity index (χ4v) is 1.60. The molecule has 5 nitrogen and oxygen atoms in total. The van der Waals surface area contributed by atoms with E-state index < -0.39 is 11.5 Å². The molecule has 0 unspecified atom stereocenters. The van der Waals surface area contributed by atoms with Gasteiger partial charge in [-0.2, -0.15) is 0 Å². The van der Waals surface area contributed by atoms with Crippen LogP contribution in [-0.2, 0) is 11.3 Å². The molecule has 1 N–H and O–H groups in total. The summed E-state index contributed by atoms with van der Waals surface area (Å²) in [7, 11) is 0. The maximum atomic E-state index is 12.1. The average Bonchev–Trinajstić information content (AvgIpc) is 2.28. The highest BCUT2D eigenvalue weighted by Gasteiger charge is 2.20. The number of carbonyl (C=O) groups excluding carboxylic acids is 1. The van der Waals surface area contributed by atoms with Crippen molar-refractivity contribution >= 4 is 5.97 Å². The number of pyridine rings is 1. The number of terminal acetylenes is 1. The normalized spacial score (nSPS) is 9.83. The maximum Gasteiger partial charge on any atom is 0.347 e. The molecule has 0 saturated heterocycles. The number of aromatic nitrogens is 1. The van der Waals surface area contributed by atoms with E-state index in [1.165, 1.54) is 10.6 Å². The molecule has 0 amide bonds. The zero-order valence-corrected chi connectivity index (χ0v) is 10.4. The number of aryl methyl sites for hydroxylation is 1. The van der Waals surface area contributed by atoms with E-state index in [-0.39, 0.29) is 17.9 Å². The number of nitrogens with zero attached hydrogens (tertiary/aromatic N) is 1. The molecule has 0 fully saturated rings. The topological polar surface area (TPSA) is 68.5 Å². The smallest absolute Gasteiger partial charge is 0.347 e. The average molecular weight is 249 g/mol. The Kier molecular flexibility index (Phi) is 4.55. The Morgan fingerprint density at radius 1 is 1.61 bits per heavy atom. The predicted octanol–water partition coefficient (Wildman–Crippen LogP) is 1.06. The van der Waals surface area contributed by atoms with E-state index in [0.717, 1.165) is 0 Å². The molecular weight excluding hydrogens is 234 g/mol. The second-order valence-corrected chi connectivity index (χ2v) is 3.68. The van der Waals surface area contributed by atoms with Crippen LogP contribution < -0.4 is 5.56 Å². The first-order valence-electron chi connectivity index (χ1n) is 5.56. The van der Waals surface area contributed by atoms with Crippen LogP contribution in [0.25, 0.3) is 0 Å². The van der Waals surface area contributed by atoms with Gasteiger partial charge in [0.2, 0.25) is 0 Å². The Morgan fingerprint density at radius 2 is 2.28 bits per heavy atom. The van der Waals surface area contributed by atoms with Crippen LogP contribution in [0.2, 0.25) is 0 Å². The Labute approximate surface area is 105 Å². The lowest BCUT2D eigenvalue weighted by Crippen LogP contribution is -2.29. The lowest BCUT2D eigenvalue weighted by Gasteiger charge is -2.11. The van der Waals surface area contributed by atoms with E-state index >= 15 is 0 Å². The maximum absolute atomic E-state index is 12.1. The third kappa shape index (κ3) is 2.72. The van der Waals surface area contributed by atoms with Crippen molar-refractivity contribution in [3.8, 4) is 18.1 Å². The second kappa shape index (κ2) is 5.92. The molecule has 5 heteroatoms. The van der Waals surface area contributed by atoms with Gasteiger partial charge in [0.25, 0.3) is 5.56 Å². The van der Waals surface area contributed by atoms with Crippen LogP contribution in [0, 0.1) is 19.3 Å². The third-order valence-corrected chi connectivity index (χ3v) is 2.45. The van der Waals surface area contributed by atoms with Gasteiger partial charge in [0, 0.05) is 24.7 Å². The molecule has 0 aliphatic carbocycles. The first kappa shape index (κ1) is 13.8. The van der Waals surface area contributed by atoms with Gasteiger partial charge in [-0.25, -0.2) is 4.79 Å². The molecule has 1 aromatic rings. The minimum Gasteiger partial charge on any atom is -0.507 e. The summed E-state index contributed by atoms with van der Waals surface area (Å²) in [6.45, 7) is 3.72. The minimum absolute atomic E-state index is 0.135. The number of carbonyl (C=O) groups is 1. The van der Waals surface area contributed by atoms with Crippen molar-refractivity contribution in [2.24, 2.45) is 0 Å². The third-order valence-electron chi connectivity index (χ3n) is 2.45. The van der Waals surface area contributed by atoms with E-state index in [0.29, 0.717) is 18.7 Å². The van der Waals surface area contributed by atoms with Crippen molar-refractivity contribution in [2.45, 2.75) is 26.8 Å². The van der Waals surface area contributed by atoms with Gasteiger partial charge in [-0.3, -0.25) is 4.79 Å². The van der Waals surface area contributed by atoms with Crippen LogP contribution in [0.4, 0.5) is 0 Å². The molecule has 0 spiro atoms. The quantitative estimate of drug-likeness (QED) is 0.640. The molecule has 1 rings (SSSR count). The molecule has 0 aliphatic heterocycles. The van der Waals surface area contributed by atoms with E-state index in [1.54, 1.807) is 13.8 Å². The summed E-state index contributed by atoms with van der Waals surface area (Å²) in [5.74, 6) is 1.23. The lowest BCUT2D eigenvalue weighted by molar-refractivity contribution is 0.0520. The molecule has 96 valence electrons. The van der Waals surface area contributed by atoms with E-state index in [2.05, 4.69) is 5.92 Å². The summed E-state index contributed by atoms with van der Waals surface area (Å²) in [5, 5.41) is 9.66. The van der Waals surface area contributed by atoms with Crippen molar-refractivity contribution in [1.82, 2.24) is 4.57 Å². The molecule has 0 aliphatic rings. The highest BCUT2D eigenvalue weighted by Crippen LogP contribution is 2.15. The molecule has 0 saturated carbocycles. The van der Waals surface area contributed by atoms with Gasteiger partial charge in [-0.05, 0) is 13.8 Å². The first-order chi connectivity index (χ1) is 8.52. The van der Waals surface area contributed by atoms with Gasteiger partial charge in [-0.15, -0.1) is 12.3 Å². The van der Waals surface area contributed by atoms with Gasteiger partial charge in [0.1, 0.15) is 5.75 Å². The molecule has 1 heterocycles. The van der Waals surface area contributed by atoms with Crippen molar-refractivity contribution in [1.29, 1.82) is 0 Å². The van der Waals surface area contributed by atoms with Crippen molar-refractivity contribution in [2.75, 3.05) is 6.61 Å². The first-order valence-corrected chi connectivity index (χ1v) is 5.56. The largest absolute Gasteiger partial charge is 0.507 e. The fourth-order valence-electron chi connectivity index (χ4n) is 1.60. The van der Waals surface area contributed by atoms with E-state index in [1.807, 2.05) is 0 Å². The number of hydrogen-bond acceptors (Lipinski definition) is 4. The summed E-state index contributed by atoms with van der Waals surface area (Å²) in [5.41, 5.74) is -0.388. The Balaban J connectivity index is 3.32. The molecule has 18 heavy (non-hydrogen) atoms. The van der Waals surface area contributed by atoms with Crippen LogP contribution in [0.5, 0.6) is 5.75 Å². The SMILES string of the molecule is C#CCCn1c(C)cc(O)c(C(=O)OCC)c1=O. The summed E-state index contributed by atoms with van der Waals surface area (Å²) in [6, 6.07) is 1.35. The van der Waals surface area contributed by atoms with Gasteiger partial charge in [-0.1, -0.05) is 0 Å². The van der Waals surface area contributed by atoms with Crippen LogP contribution in [-0.4, -0.2) is 22.2 Å². The highest BCUT2D eigenvalue weighted by atomic mass is 16.5. The molecule has 1 aromatic heterocycles. The minimum atomic E-state index is -0.825. The highest BCUT2D eigenvalue weighted by molar-refractivity contribution is 5.91. The number of hydrogen-bond donors (Lipinski definition) is 1. The Bertz CT molecular complexity index is 551. The molecule has 0 bridgehead atoms. The van der Waals surface area contributed by atoms with Crippen molar-refractivity contribution in [3.63, 3.8) is 0 Å². The van der Waals surface area contributed by atoms with Gasteiger partial charge in [0.15, 0.2) is 5.56 Å². The Morgan fingerprint density at radius 3 is 2.83 bits per heavy atom. The number of rotatable bonds is 4. The van der Waals surface area contributed by atoms with Crippen LogP contribution in [0.3, 0.4) is 0 Å². The van der Waals surface area contributed by atoms with Crippen LogP contribution in [0.15, 0.2) is 10.9 Å². The zero-order valence-electron chi connectivity index (χ0n) is 10.4. The number of esters is 1. The predicted molar refractivity (Wildman–Crippen MR) is 66.5 cm³/mol. The summed E-state index contributed by atoms with van der Waals surface area (Å²) < 4.78 is 6.09. The summed E-state index contributed by atoms with van der Waals surface area (Å²) in [6.07, 6.45) is 5.51. The van der Waals surface area contributed by atoms with Crippen molar-refractivity contribution < 1.29 is 14.6 Å². The monoisotopic (exact) mass is 249 g/mol. The molecule has 0 aromatic carbocycles. The van der Waals surface area contributed by atoms with E-state index in [4.69, 9.17) is 11.2 Å². The van der Waals surface area contributed by atoms with Crippen LogP contribution in [0.1, 0.15) is 29.4 Å².